The van der Waals surface area contributed by atoms with Gasteiger partial charge in [-0.25, -0.2) is 9.59 Å². The second-order valence-corrected chi connectivity index (χ2v) is 7.50. The van der Waals surface area contributed by atoms with Gasteiger partial charge in [-0.3, -0.25) is 4.79 Å². The molecule has 0 rings (SSSR count). The highest BCUT2D eigenvalue weighted by atomic mass is 79.9. The number of esters is 1. The van der Waals surface area contributed by atoms with Crippen LogP contribution in [-0.2, 0) is 19.1 Å². The van der Waals surface area contributed by atoms with Crippen molar-refractivity contribution >= 4 is 33.8 Å². The highest BCUT2D eigenvalue weighted by molar-refractivity contribution is 9.09. The molecule has 0 aromatic rings. The third-order valence-corrected chi connectivity index (χ3v) is 2.87. The normalized spacial score (nSPS) is 13.2. The number of alkyl halides is 1. The van der Waals surface area contributed by atoms with Crippen LogP contribution in [0.25, 0.3) is 0 Å². The molecule has 0 bridgehead atoms. The monoisotopic (exact) mass is 379 g/mol. The first-order valence-corrected chi connectivity index (χ1v) is 8.26. The molecule has 1 atom stereocenters. The van der Waals surface area contributed by atoms with E-state index in [4.69, 9.17) is 9.47 Å². The highest BCUT2D eigenvalue weighted by Crippen LogP contribution is 2.13. The molecular weight excluding hydrogens is 354 g/mol. The van der Waals surface area contributed by atoms with Gasteiger partial charge in [0.25, 0.3) is 0 Å². The summed E-state index contributed by atoms with van der Waals surface area (Å²) in [6.45, 7) is 10.4. The maximum atomic E-state index is 12.1. The molecule has 0 saturated carbocycles. The van der Waals surface area contributed by atoms with E-state index in [0.717, 1.165) is 0 Å². The van der Waals surface area contributed by atoms with Crippen LogP contribution in [0.2, 0.25) is 0 Å². The number of ketones is 1. The molecular formula is C15H26BrNO5. The van der Waals surface area contributed by atoms with Crippen LogP contribution in [0.5, 0.6) is 0 Å². The molecule has 0 aromatic heterocycles. The summed E-state index contributed by atoms with van der Waals surface area (Å²) in [4.78, 5) is 35.4. The second-order valence-electron chi connectivity index (χ2n) is 6.94. The zero-order chi connectivity index (χ0) is 17.6. The average Bonchev–Trinajstić information content (AvgIpc) is 2.29. The van der Waals surface area contributed by atoms with E-state index in [0.29, 0.717) is 0 Å². The summed E-state index contributed by atoms with van der Waals surface area (Å²) >= 11 is 3.06. The minimum atomic E-state index is -0.919. The van der Waals surface area contributed by atoms with Gasteiger partial charge in [0.15, 0.2) is 0 Å². The van der Waals surface area contributed by atoms with Crippen molar-refractivity contribution in [2.24, 2.45) is 0 Å². The fourth-order valence-corrected chi connectivity index (χ4v) is 1.72. The Balaban J connectivity index is 4.81. The molecule has 0 radical (unpaired) electrons. The Kier molecular flexibility index (Phi) is 8.07. The minimum Gasteiger partial charge on any atom is -0.458 e. The van der Waals surface area contributed by atoms with Crippen molar-refractivity contribution in [3.05, 3.63) is 0 Å². The third kappa shape index (κ3) is 10.6. The van der Waals surface area contributed by atoms with Gasteiger partial charge < -0.3 is 14.8 Å². The predicted molar refractivity (Wildman–Crippen MR) is 87.0 cm³/mol. The van der Waals surface area contributed by atoms with Crippen molar-refractivity contribution in [2.75, 3.05) is 5.33 Å². The molecule has 0 fully saturated rings. The molecule has 0 aliphatic heterocycles. The average molecular weight is 380 g/mol. The van der Waals surface area contributed by atoms with Gasteiger partial charge in [0.2, 0.25) is 0 Å². The van der Waals surface area contributed by atoms with Gasteiger partial charge in [-0.05, 0) is 48.0 Å². The maximum Gasteiger partial charge on any atom is 0.408 e. The van der Waals surface area contributed by atoms with Gasteiger partial charge in [-0.15, -0.1) is 0 Å². The lowest BCUT2D eigenvalue weighted by molar-refractivity contribution is -0.157. The number of carbonyl (C=O) groups excluding carboxylic acids is 3. The lowest BCUT2D eigenvalue weighted by Crippen LogP contribution is -2.46. The van der Waals surface area contributed by atoms with Gasteiger partial charge >= 0.3 is 12.1 Å². The minimum absolute atomic E-state index is 0.0560. The van der Waals surface area contributed by atoms with E-state index in [1.165, 1.54) is 0 Å². The number of nitrogens with one attached hydrogen (secondary N) is 1. The van der Waals surface area contributed by atoms with Crippen LogP contribution in [-0.4, -0.2) is 40.4 Å². The molecule has 0 aliphatic rings. The summed E-state index contributed by atoms with van der Waals surface area (Å²) in [7, 11) is 0. The fraction of sp³-hybridized carbons (Fsp3) is 0.800. The molecule has 0 spiro atoms. The number of hydrogen-bond acceptors (Lipinski definition) is 5. The van der Waals surface area contributed by atoms with Crippen molar-refractivity contribution in [1.82, 2.24) is 5.32 Å². The van der Waals surface area contributed by atoms with E-state index in [1.807, 2.05) is 0 Å². The Hall–Kier alpha value is -1.11. The molecule has 128 valence electrons. The number of amides is 1. The summed E-state index contributed by atoms with van der Waals surface area (Å²) in [6, 6.07) is -0.919. The first kappa shape index (κ1) is 20.9. The number of carbonyl (C=O) groups is 3. The summed E-state index contributed by atoms with van der Waals surface area (Å²) < 4.78 is 10.4. The topological polar surface area (TPSA) is 81.7 Å². The zero-order valence-electron chi connectivity index (χ0n) is 14.1. The fourth-order valence-electron chi connectivity index (χ4n) is 1.44. The number of alkyl carbamates (subject to hydrolysis) is 1. The van der Waals surface area contributed by atoms with Crippen LogP contribution >= 0.6 is 15.9 Å². The smallest absolute Gasteiger partial charge is 0.408 e. The van der Waals surface area contributed by atoms with E-state index in [9.17, 15) is 14.4 Å². The summed E-state index contributed by atoms with van der Waals surface area (Å²) in [6.07, 6.45) is -0.390. The van der Waals surface area contributed by atoms with Crippen molar-refractivity contribution in [3.8, 4) is 0 Å². The Morgan fingerprint density at radius 3 is 1.91 bits per heavy atom. The van der Waals surface area contributed by atoms with Crippen LogP contribution < -0.4 is 5.32 Å². The third-order valence-electron chi connectivity index (χ3n) is 2.24. The number of Topliss-reactive ketones (excluding diaryl/α,β-unsaturated/α-hetero) is 1. The van der Waals surface area contributed by atoms with E-state index < -0.39 is 29.3 Å². The SMILES string of the molecule is CC(C)(C)OC(=O)N[C@@H](CCC(=O)CBr)C(=O)OC(C)(C)C. The molecule has 0 heterocycles. The van der Waals surface area contributed by atoms with Crippen molar-refractivity contribution in [3.63, 3.8) is 0 Å². The maximum absolute atomic E-state index is 12.1. The zero-order valence-corrected chi connectivity index (χ0v) is 15.7. The lowest BCUT2D eigenvalue weighted by atomic mass is 10.1. The molecule has 0 saturated heterocycles. The quantitative estimate of drug-likeness (QED) is 0.566. The summed E-state index contributed by atoms with van der Waals surface area (Å²) in [5, 5.41) is 2.68. The predicted octanol–water partition coefficient (Wildman–Crippen LogP) is 2.97. The van der Waals surface area contributed by atoms with E-state index in [2.05, 4.69) is 21.2 Å². The number of rotatable bonds is 6. The van der Waals surface area contributed by atoms with Crippen LogP contribution in [0.1, 0.15) is 54.4 Å². The van der Waals surface area contributed by atoms with Gasteiger partial charge in [0.05, 0.1) is 5.33 Å². The van der Waals surface area contributed by atoms with Crippen LogP contribution in [0.3, 0.4) is 0 Å². The Morgan fingerprint density at radius 2 is 1.50 bits per heavy atom. The van der Waals surface area contributed by atoms with Gasteiger partial charge in [-0.2, -0.15) is 0 Å². The lowest BCUT2D eigenvalue weighted by Gasteiger charge is -2.26. The molecule has 0 unspecified atom stereocenters. The van der Waals surface area contributed by atoms with Gasteiger partial charge in [-0.1, -0.05) is 15.9 Å². The highest BCUT2D eigenvalue weighted by Gasteiger charge is 2.28. The van der Waals surface area contributed by atoms with Crippen LogP contribution in [0, 0.1) is 0 Å². The summed E-state index contributed by atoms with van der Waals surface area (Å²) in [5.74, 6) is -0.639. The van der Waals surface area contributed by atoms with Crippen molar-refractivity contribution < 1.29 is 23.9 Å². The Morgan fingerprint density at radius 1 is 1.00 bits per heavy atom. The first-order chi connectivity index (χ1) is 9.84. The van der Waals surface area contributed by atoms with Crippen LogP contribution in [0.15, 0.2) is 0 Å². The molecule has 0 aliphatic carbocycles. The standard InChI is InChI=1S/C15H26BrNO5/c1-14(2,3)21-12(19)11(8-7-10(18)9-16)17-13(20)22-15(4,5)6/h11H,7-9H2,1-6H3,(H,17,20)/t11-/m0/s1. The molecule has 7 heteroatoms. The van der Waals surface area contributed by atoms with Gasteiger partial charge in [0, 0.05) is 6.42 Å². The Labute approximate surface area is 140 Å². The Bertz CT molecular complexity index is 409. The second kappa shape index (κ2) is 8.50. The van der Waals surface area contributed by atoms with Crippen LogP contribution in [0.4, 0.5) is 4.79 Å². The van der Waals surface area contributed by atoms with Gasteiger partial charge in [0.1, 0.15) is 23.0 Å². The number of hydrogen-bond donors (Lipinski definition) is 1. The van der Waals surface area contributed by atoms with E-state index >= 15 is 0 Å². The number of ether oxygens (including phenoxy) is 2. The molecule has 1 amide bonds. The summed E-state index contributed by atoms with van der Waals surface area (Å²) in [5.41, 5.74) is -1.35. The van der Waals surface area contributed by atoms with E-state index in [1.54, 1.807) is 41.5 Å². The first-order valence-electron chi connectivity index (χ1n) is 7.14. The van der Waals surface area contributed by atoms with Crippen molar-refractivity contribution in [2.45, 2.75) is 71.6 Å². The van der Waals surface area contributed by atoms with Crippen molar-refractivity contribution in [1.29, 1.82) is 0 Å². The molecule has 6 nitrogen and oxygen atoms in total. The van der Waals surface area contributed by atoms with E-state index in [-0.39, 0.29) is 24.0 Å². The molecule has 0 aromatic carbocycles. The molecule has 1 N–H and O–H groups in total. The largest absolute Gasteiger partial charge is 0.458 e. The number of halogens is 1. The molecule has 22 heavy (non-hydrogen) atoms.